The monoisotopic (exact) mass is 783 g/mol. The number of hydrogen-bond donors (Lipinski definition) is 0. The minimum Gasteiger partial charge on any atom is -0.485 e. The van der Waals surface area contributed by atoms with Crippen molar-refractivity contribution >= 4 is 60.2 Å². The van der Waals surface area contributed by atoms with Gasteiger partial charge in [-0.15, -0.1) is 0 Å². The Kier molecular flexibility index (Phi) is 7.33. The van der Waals surface area contributed by atoms with Gasteiger partial charge >= 0.3 is 0 Å². The molecule has 1 aliphatic heterocycles. The van der Waals surface area contributed by atoms with Gasteiger partial charge in [0.1, 0.15) is 34.2 Å². The molecule has 11 aromatic rings. The van der Waals surface area contributed by atoms with Gasteiger partial charge in [-0.2, -0.15) is 0 Å². The molecule has 2 aliphatic rings. The van der Waals surface area contributed by atoms with Crippen LogP contribution in [-0.4, -0.2) is 21.1 Å². The molecule has 2 unspecified atom stereocenters. The highest BCUT2D eigenvalue weighted by molar-refractivity contribution is 6.07. The molecule has 286 valence electrons. The van der Waals surface area contributed by atoms with Crippen molar-refractivity contribution in [3.63, 3.8) is 0 Å². The van der Waals surface area contributed by atoms with Crippen LogP contribution in [-0.2, 0) is 0 Å². The molecule has 2 atom stereocenters. The second-order valence-electron chi connectivity index (χ2n) is 15.8. The molecule has 0 spiro atoms. The van der Waals surface area contributed by atoms with Crippen LogP contribution in [0.2, 0.25) is 0 Å². The molecule has 6 nitrogen and oxygen atoms in total. The lowest BCUT2D eigenvalue weighted by Gasteiger charge is -2.22. The average molecular weight is 784 g/mol. The van der Waals surface area contributed by atoms with E-state index in [1.807, 2.05) is 54.6 Å². The molecular weight excluding hydrogens is 751 g/mol. The molecule has 0 N–H and O–H groups in total. The number of hydrogen-bond acceptors (Lipinski definition) is 6. The fraction of sp³-hybridized carbons (Fsp3) is 0.0364. The molecule has 0 bridgehead atoms. The zero-order valence-corrected chi connectivity index (χ0v) is 32.6. The fourth-order valence-electron chi connectivity index (χ4n) is 9.43. The number of ether oxygens (including phenoxy) is 1. The lowest BCUT2D eigenvalue weighted by atomic mass is 9.83. The maximum Gasteiger partial charge on any atom is 0.164 e. The Labute approximate surface area is 349 Å². The maximum atomic E-state index is 6.75. The summed E-state index contributed by atoms with van der Waals surface area (Å²) >= 11 is 0. The lowest BCUT2D eigenvalue weighted by molar-refractivity contribution is 0.271. The van der Waals surface area contributed by atoms with E-state index in [2.05, 4.69) is 133 Å². The predicted molar refractivity (Wildman–Crippen MR) is 244 cm³/mol. The van der Waals surface area contributed by atoms with E-state index in [0.717, 1.165) is 105 Å². The fourth-order valence-corrected chi connectivity index (χ4v) is 9.43. The molecule has 3 aromatic heterocycles. The van der Waals surface area contributed by atoms with Crippen molar-refractivity contribution in [3.05, 3.63) is 199 Å². The molecule has 0 radical (unpaired) electrons. The van der Waals surface area contributed by atoms with Gasteiger partial charge < -0.3 is 13.6 Å². The number of para-hydroxylation sites is 2. The lowest BCUT2D eigenvalue weighted by Crippen LogP contribution is -2.20. The molecule has 8 aromatic carbocycles. The summed E-state index contributed by atoms with van der Waals surface area (Å²) in [5, 5.41) is 6.50. The first-order chi connectivity index (χ1) is 30.2. The van der Waals surface area contributed by atoms with E-state index in [1.165, 1.54) is 0 Å². The number of benzene rings is 8. The van der Waals surface area contributed by atoms with Gasteiger partial charge in [-0.25, -0.2) is 15.0 Å². The summed E-state index contributed by atoms with van der Waals surface area (Å²) in [7, 11) is 0. The van der Waals surface area contributed by atoms with E-state index in [-0.39, 0.29) is 12.0 Å². The van der Waals surface area contributed by atoms with E-state index in [1.54, 1.807) is 0 Å². The van der Waals surface area contributed by atoms with Crippen LogP contribution in [0.3, 0.4) is 0 Å². The van der Waals surface area contributed by atoms with Gasteiger partial charge in [0, 0.05) is 43.8 Å². The van der Waals surface area contributed by atoms with Crippen LogP contribution in [0.25, 0.3) is 105 Å². The topological polar surface area (TPSA) is 74.2 Å². The van der Waals surface area contributed by atoms with Crippen LogP contribution in [0, 0.1) is 0 Å². The molecule has 1 aliphatic carbocycles. The summed E-state index contributed by atoms with van der Waals surface area (Å²) < 4.78 is 19.2. The standard InChI is InChI=1S/C55H33N3O3/c1-2-11-32(12-3-1)36-26-27-42(38-14-5-4-13-37(36)38)54-56-53(35-23-28-48-45(29-35)40-16-7-9-19-47(40)59-48)57-55(58-54)44-17-10-20-49-52(44)43-25-22-34(31-51(43)61-49)33-21-24-41-39-15-6-8-18-46(39)60-50(41)30-33/h1-31,49,52H. The minimum atomic E-state index is -0.216. The van der Waals surface area contributed by atoms with Crippen molar-refractivity contribution in [1.29, 1.82) is 0 Å². The number of rotatable bonds is 5. The van der Waals surface area contributed by atoms with E-state index in [9.17, 15) is 0 Å². The van der Waals surface area contributed by atoms with Gasteiger partial charge in [0.25, 0.3) is 0 Å². The van der Waals surface area contributed by atoms with Crippen LogP contribution < -0.4 is 4.74 Å². The van der Waals surface area contributed by atoms with Gasteiger partial charge in [0.15, 0.2) is 17.5 Å². The van der Waals surface area contributed by atoms with Crippen LogP contribution >= 0.6 is 0 Å². The predicted octanol–water partition coefficient (Wildman–Crippen LogP) is 14.0. The number of aromatic nitrogens is 3. The molecule has 0 saturated carbocycles. The first kappa shape index (κ1) is 33.8. The van der Waals surface area contributed by atoms with Crippen molar-refractivity contribution < 1.29 is 13.6 Å². The van der Waals surface area contributed by atoms with Gasteiger partial charge in [-0.1, -0.05) is 127 Å². The molecule has 61 heavy (non-hydrogen) atoms. The van der Waals surface area contributed by atoms with Crippen molar-refractivity contribution in [2.75, 3.05) is 0 Å². The van der Waals surface area contributed by atoms with E-state index >= 15 is 0 Å². The van der Waals surface area contributed by atoms with Crippen molar-refractivity contribution in [2.45, 2.75) is 12.0 Å². The minimum absolute atomic E-state index is 0.118. The zero-order chi connectivity index (χ0) is 40.0. The van der Waals surface area contributed by atoms with Crippen LogP contribution in [0.1, 0.15) is 17.3 Å². The number of fused-ring (bicyclic) bond motifs is 10. The molecule has 0 fully saturated rings. The van der Waals surface area contributed by atoms with E-state index in [0.29, 0.717) is 17.5 Å². The summed E-state index contributed by atoms with van der Waals surface area (Å²) in [4.78, 5) is 15.9. The maximum absolute atomic E-state index is 6.75. The van der Waals surface area contributed by atoms with Gasteiger partial charge in [-0.05, 0) is 93.7 Å². The Hall–Kier alpha value is -8.09. The van der Waals surface area contributed by atoms with Crippen molar-refractivity contribution in [1.82, 2.24) is 15.0 Å². The van der Waals surface area contributed by atoms with Crippen LogP contribution in [0.15, 0.2) is 197 Å². The van der Waals surface area contributed by atoms with Gasteiger partial charge in [0.2, 0.25) is 0 Å². The van der Waals surface area contributed by atoms with Crippen LogP contribution in [0.5, 0.6) is 5.75 Å². The molecular formula is C55H33N3O3. The Morgan fingerprint density at radius 2 is 1.00 bits per heavy atom. The van der Waals surface area contributed by atoms with Crippen molar-refractivity contribution in [3.8, 4) is 50.8 Å². The number of furan rings is 2. The first-order valence-corrected chi connectivity index (χ1v) is 20.6. The Morgan fingerprint density at radius 1 is 0.393 bits per heavy atom. The van der Waals surface area contributed by atoms with Crippen molar-refractivity contribution in [2.24, 2.45) is 0 Å². The quantitative estimate of drug-likeness (QED) is 0.173. The number of allylic oxidation sites excluding steroid dienone is 2. The summed E-state index contributed by atoms with van der Waals surface area (Å²) in [5.41, 5.74) is 11.8. The van der Waals surface area contributed by atoms with E-state index in [4.69, 9.17) is 28.5 Å². The third-order valence-corrected chi connectivity index (χ3v) is 12.3. The Morgan fingerprint density at radius 3 is 1.84 bits per heavy atom. The highest BCUT2D eigenvalue weighted by atomic mass is 16.5. The third kappa shape index (κ3) is 5.39. The van der Waals surface area contributed by atoms with Gasteiger partial charge in [0.05, 0.1) is 5.92 Å². The molecule has 0 amide bonds. The second-order valence-corrected chi connectivity index (χ2v) is 15.8. The summed E-state index contributed by atoms with van der Waals surface area (Å²) in [6.45, 7) is 0. The van der Waals surface area contributed by atoms with E-state index < -0.39 is 0 Å². The van der Waals surface area contributed by atoms with Gasteiger partial charge in [-0.3, -0.25) is 0 Å². The largest absolute Gasteiger partial charge is 0.485 e. The molecule has 0 saturated heterocycles. The summed E-state index contributed by atoms with van der Waals surface area (Å²) in [6, 6.07) is 58.8. The molecule has 13 rings (SSSR count). The zero-order valence-electron chi connectivity index (χ0n) is 32.6. The SMILES string of the molecule is C1=CC2Oc3cc(-c4ccc5c(c4)oc4ccccc45)ccc3C2C(c2nc(-c3ccc4oc5ccccc5c4c3)nc(-c3ccc(-c4ccccc4)c4ccccc34)n2)=C1. The molecule has 4 heterocycles. The second kappa shape index (κ2) is 13.2. The Balaban J connectivity index is 0.954. The Bertz CT molecular complexity index is 3650. The normalized spacial score (nSPS) is 15.7. The average Bonchev–Trinajstić information content (AvgIpc) is 4.01. The highest BCUT2D eigenvalue weighted by Gasteiger charge is 2.39. The smallest absolute Gasteiger partial charge is 0.164 e. The number of nitrogens with zero attached hydrogens (tertiary/aromatic N) is 3. The third-order valence-electron chi connectivity index (χ3n) is 12.3. The summed E-state index contributed by atoms with van der Waals surface area (Å²) in [5.74, 6) is 2.54. The first-order valence-electron chi connectivity index (χ1n) is 20.6. The highest BCUT2D eigenvalue weighted by Crippen LogP contribution is 2.49. The molecule has 6 heteroatoms. The summed E-state index contributed by atoms with van der Waals surface area (Å²) in [6.07, 6.45) is 6.11. The van der Waals surface area contributed by atoms with Crippen LogP contribution in [0.4, 0.5) is 0 Å².